The molecule has 230 valence electrons. The number of halogens is 3. The molecule has 0 saturated heterocycles. The Morgan fingerprint density at radius 3 is 2.36 bits per heavy atom. The van der Waals surface area contributed by atoms with Gasteiger partial charge < -0.3 is 14.2 Å². The Bertz CT molecular complexity index is 1740. The Labute approximate surface area is 274 Å². The predicted octanol–water partition coefficient (Wildman–Crippen LogP) is 7.09. The molecule has 1 N–H and O–H groups in total. The summed E-state index contributed by atoms with van der Waals surface area (Å²) in [6, 6.07) is 22.8. The summed E-state index contributed by atoms with van der Waals surface area (Å²) in [7, 11) is -2.64. The molecule has 4 rings (SSSR count). The molecule has 44 heavy (non-hydrogen) atoms. The van der Waals surface area contributed by atoms with E-state index in [9.17, 15) is 13.2 Å². The number of hydrogen-bond acceptors (Lipinski definition) is 7. The molecular formula is C31H28BrCl2N3O6S. The van der Waals surface area contributed by atoms with Gasteiger partial charge in [-0.3, -0.25) is 9.10 Å². The van der Waals surface area contributed by atoms with Crippen molar-refractivity contribution in [3.8, 4) is 17.2 Å². The van der Waals surface area contributed by atoms with E-state index in [1.165, 1.54) is 37.6 Å². The number of methoxy groups -OCH3 is 1. The van der Waals surface area contributed by atoms with Gasteiger partial charge >= 0.3 is 0 Å². The number of hydrazone groups is 1. The second-order valence-electron chi connectivity index (χ2n) is 9.10. The summed E-state index contributed by atoms with van der Waals surface area (Å²) >= 11 is 15.7. The first kappa shape index (κ1) is 33.1. The number of ether oxygens (including phenoxy) is 3. The number of nitrogens with zero attached hydrogens (tertiary/aromatic N) is 2. The first-order chi connectivity index (χ1) is 21.1. The van der Waals surface area contributed by atoms with Crippen LogP contribution in [-0.2, 0) is 21.4 Å². The lowest BCUT2D eigenvalue weighted by Crippen LogP contribution is -2.39. The van der Waals surface area contributed by atoms with Crippen molar-refractivity contribution >= 4 is 67.0 Å². The van der Waals surface area contributed by atoms with E-state index in [-0.39, 0.29) is 17.2 Å². The van der Waals surface area contributed by atoms with Crippen molar-refractivity contribution in [2.75, 3.05) is 24.6 Å². The lowest BCUT2D eigenvalue weighted by atomic mass is 10.2. The molecular weight excluding hydrogens is 693 g/mol. The molecule has 0 aromatic heterocycles. The van der Waals surface area contributed by atoms with Gasteiger partial charge in [0.2, 0.25) is 0 Å². The lowest BCUT2D eigenvalue weighted by Gasteiger charge is -2.24. The van der Waals surface area contributed by atoms with Crippen LogP contribution >= 0.6 is 39.1 Å². The van der Waals surface area contributed by atoms with Gasteiger partial charge in [0.05, 0.1) is 35.0 Å². The number of sulfonamides is 1. The van der Waals surface area contributed by atoms with Crippen LogP contribution in [0.2, 0.25) is 10.0 Å². The van der Waals surface area contributed by atoms with Crippen LogP contribution in [0.15, 0.2) is 99.4 Å². The van der Waals surface area contributed by atoms with Crippen LogP contribution in [0.25, 0.3) is 0 Å². The summed E-state index contributed by atoms with van der Waals surface area (Å²) in [5.41, 5.74) is 4.06. The SMILES string of the molecule is CCOc1ccc(N(CC(=O)N/N=C\c2cc(Br)c(OCc3ccccc3Cl)c(OC)c2)S(=O)(=O)c2ccc(Cl)cc2)cc1. The third-order valence-electron chi connectivity index (χ3n) is 6.11. The van der Waals surface area contributed by atoms with E-state index in [1.54, 1.807) is 42.5 Å². The Kier molecular flexibility index (Phi) is 11.5. The number of carbonyl (C=O) groups is 1. The molecule has 9 nitrogen and oxygen atoms in total. The minimum atomic E-state index is -4.14. The van der Waals surface area contributed by atoms with Crippen LogP contribution in [0.5, 0.6) is 17.2 Å². The van der Waals surface area contributed by atoms with E-state index in [0.29, 0.717) is 43.9 Å². The smallest absolute Gasteiger partial charge is 0.264 e. The average molecular weight is 721 g/mol. The summed E-state index contributed by atoms with van der Waals surface area (Å²) in [6.07, 6.45) is 1.40. The van der Waals surface area contributed by atoms with E-state index in [2.05, 4.69) is 26.5 Å². The number of hydrogen-bond donors (Lipinski definition) is 1. The summed E-state index contributed by atoms with van der Waals surface area (Å²) in [5, 5.41) is 5.00. The first-order valence-electron chi connectivity index (χ1n) is 13.2. The summed E-state index contributed by atoms with van der Waals surface area (Å²) in [4.78, 5) is 12.9. The van der Waals surface area contributed by atoms with Gasteiger partial charge in [-0.15, -0.1) is 0 Å². The van der Waals surface area contributed by atoms with Gasteiger partial charge in [-0.25, -0.2) is 13.8 Å². The number of carbonyl (C=O) groups excluding carboxylic acids is 1. The fourth-order valence-electron chi connectivity index (χ4n) is 3.99. The van der Waals surface area contributed by atoms with E-state index in [1.807, 2.05) is 25.1 Å². The number of anilines is 1. The highest BCUT2D eigenvalue weighted by Gasteiger charge is 2.27. The third kappa shape index (κ3) is 8.44. The maximum absolute atomic E-state index is 13.6. The van der Waals surface area contributed by atoms with Crippen LogP contribution in [0.4, 0.5) is 5.69 Å². The highest BCUT2D eigenvalue weighted by atomic mass is 79.9. The zero-order valence-corrected chi connectivity index (χ0v) is 27.6. The van der Waals surface area contributed by atoms with Gasteiger partial charge in [-0.1, -0.05) is 41.4 Å². The molecule has 1 amide bonds. The third-order valence-corrected chi connectivity index (χ3v) is 9.11. The quantitative estimate of drug-likeness (QED) is 0.117. The number of nitrogens with one attached hydrogen (secondary N) is 1. The van der Waals surface area contributed by atoms with Crippen LogP contribution in [-0.4, -0.2) is 40.8 Å². The van der Waals surface area contributed by atoms with Gasteiger partial charge in [0.25, 0.3) is 15.9 Å². The van der Waals surface area contributed by atoms with Gasteiger partial charge in [0, 0.05) is 15.6 Å². The molecule has 0 saturated carbocycles. The Morgan fingerprint density at radius 2 is 1.70 bits per heavy atom. The second-order valence-corrected chi connectivity index (χ2v) is 12.7. The van der Waals surface area contributed by atoms with Crippen LogP contribution in [0, 0.1) is 0 Å². The fourth-order valence-corrected chi connectivity index (χ4v) is 6.30. The topological polar surface area (TPSA) is 107 Å². The number of benzene rings is 4. The van der Waals surface area contributed by atoms with Crippen LogP contribution < -0.4 is 23.9 Å². The molecule has 0 spiro atoms. The molecule has 0 heterocycles. The fraction of sp³-hybridized carbons (Fsp3) is 0.161. The van der Waals surface area contributed by atoms with Gasteiger partial charge in [-0.2, -0.15) is 5.10 Å². The molecule has 0 fully saturated rings. The summed E-state index contributed by atoms with van der Waals surface area (Å²) < 4.78 is 45.7. The standard InChI is InChI=1S/C31H28BrCl2N3O6S/c1-3-42-25-12-10-24(11-13-25)37(44(39,40)26-14-8-23(33)9-15-26)19-30(38)36-35-18-21-16-27(32)31(29(17-21)41-2)43-20-22-6-4-5-7-28(22)34/h4-18H,3,19-20H2,1-2H3,(H,36,38)/b35-18-. The van der Waals surface area contributed by atoms with Crippen molar-refractivity contribution in [3.05, 3.63) is 111 Å². The minimum absolute atomic E-state index is 0.0270. The molecule has 0 aliphatic carbocycles. The van der Waals surface area contributed by atoms with Gasteiger partial charge in [-0.05, 0) is 95.1 Å². The average Bonchev–Trinajstić information content (AvgIpc) is 3.00. The van der Waals surface area contributed by atoms with Gasteiger partial charge in [0.15, 0.2) is 11.5 Å². The van der Waals surface area contributed by atoms with E-state index in [4.69, 9.17) is 37.4 Å². The minimum Gasteiger partial charge on any atom is -0.494 e. The first-order valence-corrected chi connectivity index (χ1v) is 16.2. The molecule has 4 aromatic rings. The molecule has 13 heteroatoms. The zero-order chi connectivity index (χ0) is 31.7. The summed E-state index contributed by atoms with van der Waals surface area (Å²) in [5.74, 6) is 0.788. The maximum atomic E-state index is 13.6. The molecule has 4 aromatic carbocycles. The van der Waals surface area contributed by atoms with Crippen molar-refractivity contribution in [1.29, 1.82) is 0 Å². The van der Waals surface area contributed by atoms with E-state index < -0.39 is 22.5 Å². The van der Waals surface area contributed by atoms with Crippen LogP contribution in [0.1, 0.15) is 18.1 Å². The zero-order valence-electron chi connectivity index (χ0n) is 23.7. The second kappa shape index (κ2) is 15.3. The molecule has 0 aliphatic rings. The Morgan fingerprint density at radius 1 is 1.00 bits per heavy atom. The Hall–Kier alpha value is -3.77. The molecule has 0 bridgehead atoms. The monoisotopic (exact) mass is 719 g/mol. The largest absolute Gasteiger partial charge is 0.494 e. The summed E-state index contributed by atoms with van der Waals surface area (Å²) in [6.45, 7) is 1.97. The highest BCUT2D eigenvalue weighted by molar-refractivity contribution is 9.10. The van der Waals surface area contributed by atoms with E-state index in [0.717, 1.165) is 9.87 Å². The predicted molar refractivity (Wildman–Crippen MR) is 176 cm³/mol. The lowest BCUT2D eigenvalue weighted by molar-refractivity contribution is -0.119. The highest BCUT2D eigenvalue weighted by Crippen LogP contribution is 2.37. The number of rotatable bonds is 13. The molecule has 0 aliphatic heterocycles. The molecule has 0 atom stereocenters. The maximum Gasteiger partial charge on any atom is 0.264 e. The number of amides is 1. The molecule has 0 radical (unpaired) electrons. The molecule has 0 unspecified atom stereocenters. The van der Waals surface area contributed by atoms with Crippen LogP contribution in [0.3, 0.4) is 0 Å². The van der Waals surface area contributed by atoms with Crippen molar-refractivity contribution in [2.45, 2.75) is 18.4 Å². The van der Waals surface area contributed by atoms with Crippen molar-refractivity contribution in [2.24, 2.45) is 5.10 Å². The normalized spacial score (nSPS) is 11.3. The van der Waals surface area contributed by atoms with Crippen molar-refractivity contribution in [1.82, 2.24) is 5.43 Å². The van der Waals surface area contributed by atoms with Crippen molar-refractivity contribution < 1.29 is 27.4 Å². The van der Waals surface area contributed by atoms with Gasteiger partial charge in [0.1, 0.15) is 18.9 Å². The Balaban J connectivity index is 1.50. The van der Waals surface area contributed by atoms with Crippen molar-refractivity contribution in [3.63, 3.8) is 0 Å². The van der Waals surface area contributed by atoms with E-state index >= 15 is 0 Å².